The van der Waals surface area contributed by atoms with E-state index in [9.17, 15) is 9.50 Å². The van der Waals surface area contributed by atoms with Crippen molar-refractivity contribution in [3.05, 3.63) is 93.2 Å². The third-order valence-corrected chi connectivity index (χ3v) is 5.74. The van der Waals surface area contributed by atoms with Crippen LogP contribution < -0.4 is 10.1 Å². The number of phenolic OH excluding ortho intramolecular Hbond substituents is 1. The number of nitrogens with one attached hydrogen (secondary N) is 1. The van der Waals surface area contributed by atoms with Gasteiger partial charge in [-0.1, -0.05) is 29.3 Å². The monoisotopic (exact) mass is 458 g/mol. The zero-order valence-electron chi connectivity index (χ0n) is 16.8. The molecule has 0 saturated heterocycles. The lowest BCUT2D eigenvalue weighted by atomic mass is 9.93. The summed E-state index contributed by atoms with van der Waals surface area (Å²) in [5.41, 5.74) is 2.52. The summed E-state index contributed by atoms with van der Waals surface area (Å²) in [4.78, 5) is 4.77. The first-order valence-corrected chi connectivity index (χ1v) is 10.7. The molecule has 1 aliphatic rings. The molecule has 0 spiro atoms. The van der Waals surface area contributed by atoms with Gasteiger partial charge in [-0.3, -0.25) is 10.3 Å². The molecule has 31 heavy (non-hydrogen) atoms. The number of ether oxygens (including phenoxy) is 1. The van der Waals surface area contributed by atoms with Crippen molar-refractivity contribution in [3.63, 3.8) is 0 Å². The van der Waals surface area contributed by atoms with Crippen LogP contribution in [0.15, 0.2) is 65.7 Å². The summed E-state index contributed by atoms with van der Waals surface area (Å²) in [6.07, 6.45) is -0.253. The molecule has 0 unspecified atom stereocenters. The summed E-state index contributed by atoms with van der Waals surface area (Å²) in [5.74, 6) is 0.419. The maximum atomic E-state index is 14.7. The number of nitrogens with zero attached hydrogens (tertiary/aromatic N) is 1. The first-order valence-electron chi connectivity index (χ1n) is 9.94. The number of hydrogen-bond donors (Lipinski definition) is 2. The summed E-state index contributed by atoms with van der Waals surface area (Å²) in [5, 5.41) is 14.5. The van der Waals surface area contributed by atoms with Gasteiger partial charge in [-0.05, 0) is 67.1 Å². The van der Waals surface area contributed by atoms with E-state index in [1.807, 2.05) is 31.2 Å². The van der Waals surface area contributed by atoms with Crippen molar-refractivity contribution in [3.8, 4) is 11.5 Å². The Kier molecular flexibility index (Phi) is 6.46. The Morgan fingerprint density at radius 1 is 1.13 bits per heavy atom. The summed E-state index contributed by atoms with van der Waals surface area (Å²) in [7, 11) is 0. The summed E-state index contributed by atoms with van der Waals surface area (Å²) < 4.78 is 20.2. The summed E-state index contributed by atoms with van der Waals surface area (Å²) in [6.45, 7) is 2.50. The maximum Gasteiger partial charge on any atom is 0.131 e. The highest BCUT2D eigenvalue weighted by atomic mass is 35.5. The lowest BCUT2D eigenvalue weighted by molar-refractivity contribution is 0.340. The van der Waals surface area contributed by atoms with E-state index in [1.165, 1.54) is 6.07 Å². The van der Waals surface area contributed by atoms with Crippen LogP contribution in [0, 0.1) is 5.82 Å². The second-order valence-corrected chi connectivity index (χ2v) is 8.04. The van der Waals surface area contributed by atoms with Crippen LogP contribution in [0.4, 0.5) is 4.39 Å². The van der Waals surface area contributed by atoms with E-state index >= 15 is 0 Å². The van der Waals surface area contributed by atoms with Crippen LogP contribution >= 0.6 is 23.2 Å². The van der Waals surface area contributed by atoms with Crippen LogP contribution in [0.3, 0.4) is 0 Å². The molecular formula is C24H21Cl2FN2O2. The van der Waals surface area contributed by atoms with Gasteiger partial charge in [0.1, 0.15) is 23.5 Å². The molecule has 7 heteroatoms. The third kappa shape index (κ3) is 4.69. The molecule has 3 aromatic rings. The van der Waals surface area contributed by atoms with Gasteiger partial charge in [0.05, 0.1) is 11.6 Å². The second kappa shape index (κ2) is 9.27. The Hall–Kier alpha value is -2.60. The highest BCUT2D eigenvalue weighted by molar-refractivity contribution is 6.31. The van der Waals surface area contributed by atoms with E-state index < -0.39 is 12.0 Å². The fourth-order valence-electron chi connectivity index (χ4n) is 3.72. The average Bonchev–Trinajstić information content (AvgIpc) is 2.76. The quantitative estimate of drug-likeness (QED) is 0.461. The SMILES string of the molecule is CCOc1ccc(C2=N[C@@H](c3c(F)cccc3Cl)N[C@@H](c3cc(Cl)ccc3O)C2)cc1. The molecule has 4 rings (SSSR count). The highest BCUT2D eigenvalue weighted by Crippen LogP contribution is 2.38. The lowest BCUT2D eigenvalue weighted by Crippen LogP contribution is -2.33. The van der Waals surface area contributed by atoms with Crippen molar-refractivity contribution in [2.45, 2.75) is 25.6 Å². The van der Waals surface area contributed by atoms with Crippen LogP contribution in [-0.2, 0) is 0 Å². The van der Waals surface area contributed by atoms with Crippen LogP contribution in [0.2, 0.25) is 10.0 Å². The minimum absolute atomic E-state index is 0.105. The minimum Gasteiger partial charge on any atom is -0.508 e. The molecular weight excluding hydrogens is 438 g/mol. The summed E-state index contributed by atoms with van der Waals surface area (Å²) >= 11 is 12.5. The fourth-order valence-corrected chi connectivity index (χ4v) is 4.16. The van der Waals surface area contributed by atoms with Gasteiger partial charge in [0.2, 0.25) is 0 Å². The smallest absolute Gasteiger partial charge is 0.131 e. The normalized spacial score (nSPS) is 18.5. The van der Waals surface area contributed by atoms with Crippen molar-refractivity contribution in [2.75, 3.05) is 6.61 Å². The molecule has 0 saturated carbocycles. The Morgan fingerprint density at radius 2 is 1.90 bits per heavy atom. The molecule has 2 N–H and O–H groups in total. The number of halogens is 3. The molecule has 0 radical (unpaired) electrons. The van der Waals surface area contributed by atoms with E-state index in [4.69, 9.17) is 32.9 Å². The number of hydrogen-bond acceptors (Lipinski definition) is 4. The maximum absolute atomic E-state index is 14.7. The summed E-state index contributed by atoms with van der Waals surface area (Å²) in [6, 6.07) is 16.7. The van der Waals surface area contributed by atoms with Crippen molar-refractivity contribution < 1.29 is 14.2 Å². The van der Waals surface area contributed by atoms with E-state index in [0.29, 0.717) is 23.6 Å². The Morgan fingerprint density at radius 3 is 2.61 bits per heavy atom. The van der Waals surface area contributed by atoms with E-state index in [1.54, 1.807) is 30.3 Å². The molecule has 3 aromatic carbocycles. The molecule has 0 fully saturated rings. The van der Waals surface area contributed by atoms with Crippen LogP contribution in [0.5, 0.6) is 11.5 Å². The van der Waals surface area contributed by atoms with Gasteiger partial charge in [0.25, 0.3) is 0 Å². The molecule has 1 heterocycles. The second-order valence-electron chi connectivity index (χ2n) is 7.20. The zero-order valence-corrected chi connectivity index (χ0v) is 18.3. The number of aliphatic imine (C=N–C) groups is 1. The predicted molar refractivity (Wildman–Crippen MR) is 122 cm³/mol. The first kappa shape index (κ1) is 21.6. The Labute approximate surface area is 190 Å². The number of phenols is 1. The van der Waals surface area contributed by atoms with Crippen LogP contribution in [0.25, 0.3) is 0 Å². The first-order chi connectivity index (χ1) is 15.0. The van der Waals surface area contributed by atoms with Crippen LogP contribution in [0.1, 0.15) is 42.2 Å². The largest absolute Gasteiger partial charge is 0.508 e. The highest BCUT2D eigenvalue weighted by Gasteiger charge is 2.30. The fraction of sp³-hybridized carbons (Fsp3) is 0.208. The molecule has 0 amide bonds. The van der Waals surface area contributed by atoms with Gasteiger partial charge in [-0.15, -0.1) is 0 Å². The van der Waals surface area contributed by atoms with Crippen LogP contribution in [-0.4, -0.2) is 17.4 Å². The third-order valence-electron chi connectivity index (χ3n) is 5.18. The van der Waals surface area contributed by atoms with E-state index in [-0.39, 0.29) is 22.4 Å². The molecule has 1 aliphatic heterocycles. The Balaban J connectivity index is 1.78. The molecule has 0 aliphatic carbocycles. The molecule has 4 nitrogen and oxygen atoms in total. The average molecular weight is 459 g/mol. The predicted octanol–water partition coefficient (Wildman–Crippen LogP) is 6.46. The van der Waals surface area contributed by atoms with Gasteiger partial charge >= 0.3 is 0 Å². The van der Waals surface area contributed by atoms with E-state index in [0.717, 1.165) is 17.0 Å². The standard InChI is InChI=1S/C24H21Cl2FN2O2/c1-2-31-16-9-6-14(7-10-16)20-13-21(17-12-15(25)8-11-22(17)30)29-24(28-20)23-18(26)4-3-5-19(23)27/h3-12,21,24,29-30H,2,13H2,1H3/t21-,24-/m1/s1. The zero-order chi connectivity index (χ0) is 22.0. The molecule has 0 bridgehead atoms. The van der Waals surface area contributed by atoms with Crippen molar-refractivity contribution in [2.24, 2.45) is 4.99 Å². The van der Waals surface area contributed by atoms with Gasteiger partial charge in [-0.2, -0.15) is 0 Å². The lowest BCUT2D eigenvalue weighted by Gasteiger charge is -2.31. The van der Waals surface area contributed by atoms with Crippen molar-refractivity contribution in [1.29, 1.82) is 0 Å². The number of benzene rings is 3. The van der Waals surface area contributed by atoms with Gasteiger partial charge in [0.15, 0.2) is 0 Å². The van der Waals surface area contributed by atoms with Crippen molar-refractivity contribution in [1.82, 2.24) is 5.32 Å². The molecule has 2 atom stereocenters. The Bertz CT molecular complexity index is 1100. The van der Waals surface area contributed by atoms with Gasteiger partial charge < -0.3 is 9.84 Å². The van der Waals surface area contributed by atoms with E-state index in [2.05, 4.69) is 5.32 Å². The van der Waals surface area contributed by atoms with Gasteiger partial charge in [0, 0.05) is 34.3 Å². The topological polar surface area (TPSA) is 53.8 Å². The number of rotatable bonds is 5. The molecule has 160 valence electrons. The number of aromatic hydroxyl groups is 1. The van der Waals surface area contributed by atoms with Crippen molar-refractivity contribution >= 4 is 28.9 Å². The molecule has 0 aromatic heterocycles. The van der Waals surface area contributed by atoms with Gasteiger partial charge in [-0.25, -0.2) is 4.39 Å². The minimum atomic E-state index is -0.729.